The standard InChI is InChI=1S/C24H25BrO4.C24H25ClO4.C24H26O4/c1-5-15(2)23(27)28-14-21(26)29-24(3,4)20-13-12-18-17-9-7-6-8-16(17)10-11-19(18)22(20)25;1-5-15(2)23(27)28-14-22(26)29-24(3,4)17-10-11-18-16(12-17)13-21(25)20-9-7-6-8-19(18)20;1-5-16(2)23(26)27-15-22(25)28-24(3,4)19-12-13-21-18(14-19)11-10-17-8-6-7-9-20(17)21/h2*6-13,15H,5,14H2,1-4H3;6-14,16H,5,15H2,1-4H3. The van der Waals surface area contributed by atoms with Crippen LogP contribution >= 0.6 is 27.5 Å². The predicted octanol–water partition coefficient (Wildman–Crippen LogP) is 17.5. The molecule has 0 saturated heterocycles. The second kappa shape index (κ2) is 28.6. The van der Waals surface area contributed by atoms with Crippen molar-refractivity contribution < 1.29 is 57.2 Å². The summed E-state index contributed by atoms with van der Waals surface area (Å²) >= 11 is 10.2. The molecular weight excluding hydrogens is 1170 g/mol. The fourth-order valence-corrected chi connectivity index (χ4v) is 11.0. The minimum Gasteiger partial charge on any atom is -0.453 e. The molecule has 0 radical (unpaired) electrons. The zero-order chi connectivity index (χ0) is 62.7. The van der Waals surface area contributed by atoms with Crippen LogP contribution in [0.25, 0.3) is 64.6 Å². The van der Waals surface area contributed by atoms with Crippen LogP contribution in [-0.4, -0.2) is 55.6 Å². The lowest BCUT2D eigenvalue weighted by atomic mass is 9.93. The van der Waals surface area contributed by atoms with E-state index in [0.29, 0.717) is 24.3 Å². The van der Waals surface area contributed by atoms with Gasteiger partial charge in [-0.15, -0.1) is 0 Å². The van der Waals surface area contributed by atoms with Crippen molar-refractivity contribution in [2.75, 3.05) is 19.8 Å². The molecule has 0 saturated carbocycles. The molecule has 9 rings (SSSR count). The van der Waals surface area contributed by atoms with Gasteiger partial charge in [-0.2, -0.15) is 0 Å². The second-order valence-electron chi connectivity index (χ2n) is 23.1. The molecule has 0 amide bonds. The fourth-order valence-electron chi connectivity index (χ4n) is 9.78. The highest BCUT2D eigenvalue weighted by Gasteiger charge is 2.31. The van der Waals surface area contributed by atoms with Gasteiger partial charge < -0.3 is 28.4 Å². The van der Waals surface area contributed by atoms with Crippen molar-refractivity contribution in [3.8, 4) is 0 Å². The summed E-state index contributed by atoms with van der Waals surface area (Å²) in [7, 11) is 0. The zero-order valence-corrected chi connectivity index (χ0v) is 53.4. The van der Waals surface area contributed by atoms with Crippen LogP contribution in [0.3, 0.4) is 0 Å². The van der Waals surface area contributed by atoms with Crippen molar-refractivity contribution in [2.24, 2.45) is 17.8 Å². The molecule has 12 nitrogen and oxygen atoms in total. The van der Waals surface area contributed by atoms with E-state index in [9.17, 15) is 28.8 Å². The molecule has 0 aliphatic carbocycles. The summed E-state index contributed by atoms with van der Waals surface area (Å²) < 4.78 is 32.9. The maximum absolute atomic E-state index is 12.3. The van der Waals surface area contributed by atoms with E-state index in [2.05, 4.69) is 76.6 Å². The van der Waals surface area contributed by atoms with Crippen LogP contribution in [0, 0.1) is 17.8 Å². The van der Waals surface area contributed by atoms with E-state index in [1.807, 2.05) is 153 Å². The molecule has 0 aliphatic rings. The molecule has 14 heteroatoms. The van der Waals surface area contributed by atoms with Crippen molar-refractivity contribution >= 4 is 128 Å². The van der Waals surface area contributed by atoms with Gasteiger partial charge in [-0.05, 0) is 165 Å². The molecule has 0 fully saturated rings. The monoisotopic (exact) mass is 1250 g/mol. The molecule has 9 aromatic rings. The van der Waals surface area contributed by atoms with Crippen molar-refractivity contribution in [3.05, 3.63) is 178 Å². The quantitative estimate of drug-likeness (QED) is 0.0455. The summed E-state index contributed by atoms with van der Waals surface area (Å²) in [4.78, 5) is 72.0. The Kier molecular flexibility index (Phi) is 21.8. The van der Waals surface area contributed by atoms with Crippen LogP contribution < -0.4 is 0 Å². The van der Waals surface area contributed by atoms with Crippen LogP contribution in [0.5, 0.6) is 0 Å². The molecule has 0 bridgehead atoms. The van der Waals surface area contributed by atoms with E-state index in [4.69, 9.17) is 40.0 Å². The number of carbonyl (C=O) groups is 6. The highest BCUT2D eigenvalue weighted by Crippen LogP contribution is 2.40. The van der Waals surface area contributed by atoms with E-state index in [1.165, 1.54) is 21.5 Å². The third kappa shape index (κ3) is 16.0. The summed E-state index contributed by atoms with van der Waals surface area (Å²) in [5.41, 5.74) is -0.0403. The second-order valence-corrected chi connectivity index (χ2v) is 24.3. The fraction of sp³-hybridized carbons (Fsp3) is 0.333. The van der Waals surface area contributed by atoms with Crippen LogP contribution in [-0.2, 0) is 74.0 Å². The summed E-state index contributed by atoms with van der Waals surface area (Å²) in [6, 6.07) is 50.8. The van der Waals surface area contributed by atoms with Crippen LogP contribution in [0.2, 0.25) is 5.02 Å². The van der Waals surface area contributed by atoms with Crippen LogP contribution in [0.4, 0.5) is 0 Å². The van der Waals surface area contributed by atoms with Gasteiger partial charge in [0.05, 0.1) is 17.8 Å². The first kappa shape index (κ1) is 65.7. The topological polar surface area (TPSA) is 158 Å². The molecule has 3 unspecified atom stereocenters. The number of hydrogen-bond donors (Lipinski definition) is 0. The lowest BCUT2D eigenvalue weighted by molar-refractivity contribution is -0.170. The number of hydrogen-bond acceptors (Lipinski definition) is 12. The lowest BCUT2D eigenvalue weighted by Crippen LogP contribution is -2.29. The van der Waals surface area contributed by atoms with Gasteiger partial charge in [-0.25, -0.2) is 14.4 Å². The van der Waals surface area contributed by atoms with Gasteiger partial charge in [-0.1, -0.05) is 187 Å². The third-order valence-electron chi connectivity index (χ3n) is 15.6. The molecule has 0 spiro atoms. The lowest BCUT2D eigenvalue weighted by Gasteiger charge is -2.27. The molecule has 450 valence electrons. The predicted molar refractivity (Wildman–Crippen MR) is 346 cm³/mol. The molecule has 0 heterocycles. The van der Waals surface area contributed by atoms with Gasteiger partial charge in [0.1, 0.15) is 16.8 Å². The highest BCUT2D eigenvalue weighted by atomic mass is 79.9. The summed E-state index contributed by atoms with van der Waals surface area (Å²) in [6.45, 7) is 20.8. The maximum atomic E-state index is 12.3. The Hall–Kier alpha value is -7.87. The smallest absolute Gasteiger partial charge is 0.345 e. The first-order valence-electron chi connectivity index (χ1n) is 29.1. The summed E-state index contributed by atoms with van der Waals surface area (Å²) in [6.07, 6.45) is 2.00. The van der Waals surface area contributed by atoms with Gasteiger partial charge in [-0.3, -0.25) is 14.4 Å². The number of carbonyl (C=O) groups excluding carboxylic acids is 6. The molecule has 86 heavy (non-hydrogen) atoms. The van der Waals surface area contributed by atoms with Crippen molar-refractivity contribution in [3.63, 3.8) is 0 Å². The highest BCUT2D eigenvalue weighted by molar-refractivity contribution is 9.10. The van der Waals surface area contributed by atoms with E-state index < -0.39 is 47.3 Å². The number of fused-ring (bicyclic) bond motifs is 9. The van der Waals surface area contributed by atoms with E-state index in [1.54, 1.807) is 20.8 Å². The average Bonchev–Trinajstić information content (AvgIpc) is 3.04. The molecular formula is C72H76BrClO12. The molecule has 0 aromatic heterocycles. The molecule has 3 atom stereocenters. The number of ether oxygens (including phenoxy) is 6. The van der Waals surface area contributed by atoms with Gasteiger partial charge in [0, 0.05) is 20.4 Å². The van der Waals surface area contributed by atoms with Gasteiger partial charge in [0.25, 0.3) is 0 Å². The first-order valence-corrected chi connectivity index (χ1v) is 30.2. The Labute approximate surface area is 516 Å². The Balaban J connectivity index is 0.000000185. The molecule has 0 N–H and O–H groups in total. The summed E-state index contributed by atoms with van der Waals surface area (Å²) in [5, 5.41) is 14.0. The number of benzene rings is 9. The molecule has 9 aromatic carbocycles. The van der Waals surface area contributed by atoms with E-state index >= 15 is 0 Å². The van der Waals surface area contributed by atoms with Gasteiger partial charge >= 0.3 is 35.8 Å². The summed E-state index contributed by atoms with van der Waals surface area (Å²) in [5.74, 6) is -3.57. The Morgan fingerprint density at radius 3 is 1.21 bits per heavy atom. The van der Waals surface area contributed by atoms with E-state index in [0.717, 1.165) is 64.3 Å². The van der Waals surface area contributed by atoms with Crippen LogP contribution in [0.15, 0.2) is 156 Å². The van der Waals surface area contributed by atoms with E-state index in [-0.39, 0.29) is 42.9 Å². The number of esters is 6. The first-order chi connectivity index (χ1) is 40.8. The Bertz CT molecular complexity index is 3980. The van der Waals surface area contributed by atoms with Crippen LogP contribution in [0.1, 0.15) is 119 Å². The largest absolute Gasteiger partial charge is 0.453 e. The van der Waals surface area contributed by atoms with Crippen molar-refractivity contribution in [2.45, 2.75) is 119 Å². The Morgan fingerprint density at radius 2 is 0.733 bits per heavy atom. The van der Waals surface area contributed by atoms with Gasteiger partial charge in [0.2, 0.25) is 0 Å². The normalized spacial score (nSPS) is 12.7. The minimum atomic E-state index is -0.890. The average molecular weight is 1250 g/mol. The minimum absolute atomic E-state index is 0.226. The third-order valence-corrected chi connectivity index (χ3v) is 16.8. The Morgan fingerprint density at radius 1 is 0.395 bits per heavy atom. The van der Waals surface area contributed by atoms with Gasteiger partial charge in [0.15, 0.2) is 19.8 Å². The maximum Gasteiger partial charge on any atom is 0.345 e. The zero-order valence-electron chi connectivity index (χ0n) is 51.1. The number of halogens is 2. The SMILES string of the molecule is CCC(C)C(=O)OCC(=O)OC(C)(C)c1ccc2c(c1)cc(Cl)c1ccccc12.CCC(C)C(=O)OCC(=O)OC(C)(C)c1ccc2c(ccc3ccccc32)c1.CCC(C)C(=O)OCC(=O)OC(C)(C)c1ccc2c(ccc3ccccc32)c1Br. The van der Waals surface area contributed by atoms with Crippen molar-refractivity contribution in [1.29, 1.82) is 0 Å². The molecule has 0 aliphatic heterocycles. The number of rotatable bonds is 18. The van der Waals surface area contributed by atoms with Crippen molar-refractivity contribution in [1.82, 2.24) is 0 Å².